The highest BCUT2D eigenvalue weighted by molar-refractivity contribution is 6.04. The molecule has 9 heteroatoms. The number of hydrogen-bond acceptors (Lipinski definition) is 5. The number of carbonyl (C=O) groups excluding carboxylic acids is 2. The molecule has 4 rings (SSSR count). The third-order valence-corrected chi connectivity index (χ3v) is 7.00. The Kier molecular flexibility index (Phi) is 10.8. The lowest BCUT2D eigenvalue weighted by molar-refractivity contribution is 0.0365. The van der Waals surface area contributed by atoms with E-state index in [2.05, 4.69) is 10.2 Å². The number of nitrogens with zero attached hydrogens (tertiary/aromatic N) is 3. The summed E-state index contributed by atoms with van der Waals surface area (Å²) in [7, 11) is 0. The van der Waals surface area contributed by atoms with Crippen molar-refractivity contribution in [1.82, 2.24) is 9.80 Å². The van der Waals surface area contributed by atoms with Crippen LogP contribution in [0.5, 0.6) is 0 Å². The zero-order valence-electron chi connectivity index (χ0n) is 25.4. The van der Waals surface area contributed by atoms with Gasteiger partial charge in [-0.1, -0.05) is 36.4 Å². The van der Waals surface area contributed by atoms with E-state index in [9.17, 15) is 14.0 Å². The number of halogens is 1. The van der Waals surface area contributed by atoms with Gasteiger partial charge in [0.1, 0.15) is 11.4 Å². The van der Waals surface area contributed by atoms with Gasteiger partial charge in [-0.15, -0.1) is 0 Å². The predicted molar refractivity (Wildman–Crippen MR) is 167 cm³/mol. The third kappa shape index (κ3) is 9.27. The van der Waals surface area contributed by atoms with Gasteiger partial charge in [0.15, 0.2) is 0 Å². The molecule has 0 aliphatic carbocycles. The number of para-hydroxylation sites is 2. The number of ether oxygens (including phenoxy) is 2. The summed E-state index contributed by atoms with van der Waals surface area (Å²) in [5.41, 5.74) is 2.53. The standard InChI is InChI=1S/C34H41FN4O4/c1-25-11-13-27(14-12-25)24-38(18-8-17-37-19-21-42-22-20-37)33(41)39(28-15-16-29(35)26(2)23-28)31-10-7-6-9-30(31)36-32(40)43-34(3,4)5/h1,6-7,9-16,23H,8,17-22,24H2,2-5H3,(H,36,40). The zero-order valence-corrected chi connectivity index (χ0v) is 25.4. The van der Waals surface area contributed by atoms with Crippen molar-refractivity contribution in [3.8, 4) is 0 Å². The van der Waals surface area contributed by atoms with Crippen molar-refractivity contribution in [1.29, 1.82) is 0 Å². The third-order valence-electron chi connectivity index (χ3n) is 7.00. The molecule has 0 atom stereocenters. The molecule has 0 aromatic heterocycles. The molecule has 1 heterocycles. The molecule has 3 amide bonds. The van der Waals surface area contributed by atoms with E-state index in [1.807, 2.05) is 24.3 Å². The van der Waals surface area contributed by atoms with Gasteiger partial charge in [0, 0.05) is 32.7 Å². The first kappa shape index (κ1) is 32.0. The Balaban J connectivity index is 1.70. The molecular formula is C34H41FN4O4. The van der Waals surface area contributed by atoms with Crippen LogP contribution in [0.15, 0.2) is 66.7 Å². The number of aryl methyl sites for hydroxylation is 1. The molecule has 0 unspecified atom stereocenters. The number of hydrogen-bond donors (Lipinski definition) is 1. The number of amides is 3. The molecule has 1 fully saturated rings. The van der Waals surface area contributed by atoms with Crippen LogP contribution in [-0.4, -0.2) is 66.9 Å². The van der Waals surface area contributed by atoms with E-state index >= 15 is 0 Å². The minimum absolute atomic E-state index is 0.316. The van der Waals surface area contributed by atoms with Crippen LogP contribution in [0.1, 0.15) is 43.9 Å². The number of morpholine rings is 1. The highest BCUT2D eigenvalue weighted by Gasteiger charge is 2.28. The van der Waals surface area contributed by atoms with Gasteiger partial charge in [-0.25, -0.2) is 14.0 Å². The van der Waals surface area contributed by atoms with Crippen LogP contribution in [0.3, 0.4) is 0 Å². The second-order valence-electron chi connectivity index (χ2n) is 11.7. The number of anilines is 3. The molecule has 1 N–H and O–H groups in total. The van der Waals surface area contributed by atoms with E-state index < -0.39 is 11.7 Å². The fourth-order valence-corrected chi connectivity index (χ4v) is 4.85. The molecule has 43 heavy (non-hydrogen) atoms. The van der Waals surface area contributed by atoms with Gasteiger partial charge in [-0.05, 0) is 88.1 Å². The topological polar surface area (TPSA) is 74.4 Å². The summed E-state index contributed by atoms with van der Waals surface area (Å²) >= 11 is 0. The van der Waals surface area contributed by atoms with Gasteiger partial charge in [0.25, 0.3) is 0 Å². The molecule has 1 aliphatic rings. The Morgan fingerprint density at radius 2 is 1.74 bits per heavy atom. The first-order valence-corrected chi connectivity index (χ1v) is 14.6. The van der Waals surface area contributed by atoms with E-state index in [1.54, 1.807) is 69.0 Å². The largest absolute Gasteiger partial charge is 0.444 e. The first-order chi connectivity index (χ1) is 20.5. The van der Waals surface area contributed by atoms with Crippen molar-refractivity contribution >= 4 is 29.2 Å². The maximum Gasteiger partial charge on any atom is 0.412 e. The Labute approximate surface area is 254 Å². The maximum absolute atomic E-state index is 14.6. The Hall–Kier alpha value is -3.95. The fraction of sp³-hybridized carbons (Fsp3) is 0.382. The van der Waals surface area contributed by atoms with Crippen LogP contribution in [0.4, 0.5) is 31.0 Å². The highest BCUT2D eigenvalue weighted by Crippen LogP contribution is 2.35. The molecule has 0 saturated carbocycles. The Bertz CT molecular complexity index is 1380. The SMILES string of the molecule is [CH]c1ccc(CN(CCCN2CCOCC2)C(=O)N(c2ccc(F)c(C)c2)c2ccccc2NC(=O)OC(C)(C)C)cc1. The van der Waals surface area contributed by atoms with Crippen molar-refractivity contribution in [2.24, 2.45) is 0 Å². The van der Waals surface area contributed by atoms with Crippen LogP contribution < -0.4 is 10.2 Å². The van der Waals surface area contributed by atoms with Gasteiger partial charge >= 0.3 is 12.1 Å². The fourth-order valence-electron chi connectivity index (χ4n) is 4.85. The van der Waals surface area contributed by atoms with Gasteiger partial charge < -0.3 is 14.4 Å². The molecule has 3 aromatic carbocycles. The number of carbonyl (C=O) groups is 2. The van der Waals surface area contributed by atoms with Crippen LogP contribution in [0.25, 0.3) is 0 Å². The predicted octanol–water partition coefficient (Wildman–Crippen LogP) is 7.02. The van der Waals surface area contributed by atoms with E-state index in [0.29, 0.717) is 54.5 Å². The second-order valence-corrected chi connectivity index (χ2v) is 11.7. The van der Waals surface area contributed by atoms with Crippen LogP contribution in [-0.2, 0) is 16.0 Å². The number of nitrogens with one attached hydrogen (secondary N) is 1. The van der Waals surface area contributed by atoms with Crippen molar-refractivity contribution in [3.05, 3.63) is 96.2 Å². The molecular weight excluding hydrogens is 547 g/mol. The average molecular weight is 589 g/mol. The molecule has 3 aromatic rings. The Morgan fingerprint density at radius 3 is 2.42 bits per heavy atom. The lowest BCUT2D eigenvalue weighted by Crippen LogP contribution is -2.43. The zero-order chi connectivity index (χ0) is 31.0. The lowest BCUT2D eigenvalue weighted by atomic mass is 10.1. The summed E-state index contributed by atoms with van der Waals surface area (Å²) in [6.45, 7) is 17.7. The van der Waals surface area contributed by atoms with Crippen LogP contribution in [0.2, 0.25) is 0 Å². The minimum atomic E-state index is -0.709. The van der Waals surface area contributed by atoms with Crippen molar-refractivity contribution in [3.63, 3.8) is 0 Å². The summed E-state index contributed by atoms with van der Waals surface area (Å²) in [4.78, 5) is 33.0. The van der Waals surface area contributed by atoms with Crippen molar-refractivity contribution in [2.75, 3.05) is 49.6 Å². The second kappa shape index (κ2) is 14.5. The van der Waals surface area contributed by atoms with Gasteiger partial charge in [-0.2, -0.15) is 0 Å². The molecule has 228 valence electrons. The molecule has 2 radical (unpaired) electrons. The lowest BCUT2D eigenvalue weighted by Gasteiger charge is -2.33. The highest BCUT2D eigenvalue weighted by atomic mass is 19.1. The van der Waals surface area contributed by atoms with E-state index in [4.69, 9.17) is 16.4 Å². The molecule has 1 saturated heterocycles. The van der Waals surface area contributed by atoms with E-state index in [1.165, 1.54) is 11.0 Å². The van der Waals surface area contributed by atoms with Crippen molar-refractivity contribution in [2.45, 2.75) is 46.3 Å². The maximum atomic E-state index is 14.6. The summed E-state index contributed by atoms with van der Waals surface area (Å²) in [5.74, 6) is -0.374. The van der Waals surface area contributed by atoms with Crippen LogP contribution in [0, 0.1) is 19.7 Å². The number of benzene rings is 3. The number of urea groups is 1. The smallest absolute Gasteiger partial charge is 0.412 e. The van der Waals surface area contributed by atoms with E-state index in [-0.39, 0.29) is 11.8 Å². The normalized spacial score (nSPS) is 13.8. The molecule has 1 aliphatic heterocycles. The monoisotopic (exact) mass is 588 g/mol. The van der Waals surface area contributed by atoms with Gasteiger partial charge in [0.2, 0.25) is 0 Å². The molecule has 0 spiro atoms. The summed E-state index contributed by atoms with van der Waals surface area (Å²) in [6, 6.07) is 18.7. The Morgan fingerprint density at radius 1 is 1.05 bits per heavy atom. The number of rotatable bonds is 9. The average Bonchev–Trinajstić information content (AvgIpc) is 2.96. The summed E-state index contributed by atoms with van der Waals surface area (Å²) < 4.78 is 25.4. The summed E-state index contributed by atoms with van der Waals surface area (Å²) in [5, 5.41) is 2.80. The van der Waals surface area contributed by atoms with E-state index in [0.717, 1.165) is 31.6 Å². The first-order valence-electron chi connectivity index (χ1n) is 14.6. The minimum Gasteiger partial charge on any atom is -0.444 e. The van der Waals surface area contributed by atoms with Gasteiger partial charge in [-0.3, -0.25) is 15.1 Å². The van der Waals surface area contributed by atoms with Gasteiger partial charge in [0.05, 0.1) is 30.3 Å². The molecule has 8 nitrogen and oxygen atoms in total. The van der Waals surface area contributed by atoms with Crippen molar-refractivity contribution < 1.29 is 23.5 Å². The summed E-state index contributed by atoms with van der Waals surface area (Å²) in [6.07, 6.45) is 0.0984. The van der Waals surface area contributed by atoms with Crippen LogP contribution >= 0.6 is 0 Å². The molecule has 0 bridgehead atoms. The quantitative estimate of drug-likeness (QED) is 0.291.